The van der Waals surface area contributed by atoms with E-state index in [0.717, 1.165) is 11.1 Å². The number of allylic oxidation sites excluding steroid dienone is 1. The Labute approximate surface area is 275 Å². The number of carbonyl (C=O) groups is 3. The molecule has 0 aliphatic rings. The van der Waals surface area contributed by atoms with Gasteiger partial charge in [0.2, 0.25) is 0 Å². The predicted octanol–water partition coefficient (Wildman–Crippen LogP) is 8.69. The zero-order valence-electron chi connectivity index (χ0n) is 26.4. The van der Waals surface area contributed by atoms with Gasteiger partial charge in [-0.3, -0.25) is 14.4 Å². The lowest BCUT2D eigenvalue weighted by Crippen LogP contribution is -2.30. The smallest absolute Gasteiger partial charge is 0.272 e. The first-order valence-electron chi connectivity index (χ1n) is 15.4. The Morgan fingerprint density at radius 2 is 1.30 bits per heavy atom. The van der Waals surface area contributed by atoms with Crippen molar-refractivity contribution in [3.05, 3.63) is 179 Å². The summed E-state index contributed by atoms with van der Waals surface area (Å²) in [6.45, 7) is 4.71. The van der Waals surface area contributed by atoms with Crippen LogP contribution in [0.1, 0.15) is 62.7 Å². The van der Waals surface area contributed by atoms with E-state index < -0.39 is 11.8 Å². The highest BCUT2D eigenvalue weighted by Crippen LogP contribution is 2.19. The fraction of sp³-hybridized carbons (Fsp3) is 0.0976. The molecule has 0 aromatic heterocycles. The molecule has 5 aromatic carbocycles. The minimum absolute atomic E-state index is 0.0587. The number of benzene rings is 5. The number of amides is 2. The lowest BCUT2D eigenvalue weighted by Gasteiger charge is -2.12. The van der Waals surface area contributed by atoms with Gasteiger partial charge in [0, 0.05) is 16.8 Å². The van der Waals surface area contributed by atoms with Crippen LogP contribution in [0.2, 0.25) is 0 Å². The molecule has 0 spiro atoms. The summed E-state index contributed by atoms with van der Waals surface area (Å²) < 4.78 is 5.88. The first-order valence-corrected chi connectivity index (χ1v) is 15.4. The van der Waals surface area contributed by atoms with Gasteiger partial charge in [-0.15, -0.1) is 0 Å². The van der Waals surface area contributed by atoms with Crippen LogP contribution in [0.3, 0.4) is 0 Å². The minimum Gasteiger partial charge on any atom is -0.489 e. The Bertz CT molecular complexity index is 1860. The molecule has 0 saturated heterocycles. The van der Waals surface area contributed by atoms with Crippen molar-refractivity contribution in [2.75, 3.05) is 5.32 Å². The Morgan fingerprint density at radius 3 is 1.94 bits per heavy atom. The molecule has 5 aromatic rings. The summed E-state index contributed by atoms with van der Waals surface area (Å²) in [4.78, 5) is 39.3. The molecule has 5 rings (SSSR count). The molecule has 6 nitrogen and oxygen atoms in total. The van der Waals surface area contributed by atoms with Crippen molar-refractivity contribution in [1.82, 2.24) is 5.32 Å². The monoisotopic (exact) mass is 620 g/mol. The zero-order valence-corrected chi connectivity index (χ0v) is 26.4. The summed E-state index contributed by atoms with van der Waals surface area (Å²) in [6, 6.07) is 40.5. The number of ether oxygens (including phenoxy) is 1. The highest BCUT2D eigenvalue weighted by molar-refractivity contribution is 6.11. The fourth-order valence-electron chi connectivity index (χ4n) is 4.69. The van der Waals surface area contributed by atoms with Crippen LogP contribution >= 0.6 is 0 Å². The number of nitrogens with one attached hydrogen (secondary N) is 2. The highest BCUT2D eigenvalue weighted by atomic mass is 16.5. The molecule has 2 amide bonds. The van der Waals surface area contributed by atoms with Crippen molar-refractivity contribution in [1.29, 1.82) is 0 Å². The average Bonchev–Trinajstić information content (AvgIpc) is 3.11. The van der Waals surface area contributed by atoms with Crippen LogP contribution in [0.4, 0.5) is 5.69 Å². The maximum atomic E-state index is 13.5. The van der Waals surface area contributed by atoms with Gasteiger partial charge >= 0.3 is 0 Å². The Hall–Kier alpha value is -6.01. The van der Waals surface area contributed by atoms with Crippen LogP contribution in [-0.2, 0) is 11.4 Å². The van der Waals surface area contributed by atoms with Crippen LogP contribution in [0.15, 0.2) is 145 Å². The SMILES string of the molecule is CC(C)c1ccc(/C=C/C(=O)c2ccc(NC(=O)/C(=C/c3ccc(OCc4ccccc4)cc3)NC(=O)c3ccccc3)cc2)cc1. The Morgan fingerprint density at radius 1 is 0.681 bits per heavy atom. The van der Waals surface area contributed by atoms with Crippen molar-refractivity contribution < 1.29 is 19.1 Å². The van der Waals surface area contributed by atoms with E-state index in [1.165, 1.54) is 11.6 Å². The lowest BCUT2D eigenvalue weighted by molar-refractivity contribution is -0.113. The second-order valence-corrected chi connectivity index (χ2v) is 11.3. The van der Waals surface area contributed by atoms with E-state index >= 15 is 0 Å². The molecule has 234 valence electrons. The topological polar surface area (TPSA) is 84.5 Å². The van der Waals surface area contributed by atoms with E-state index in [1.807, 2.05) is 72.8 Å². The van der Waals surface area contributed by atoms with Gasteiger partial charge in [-0.1, -0.05) is 105 Å². The molecular weight excluding hydrogens is 584 g/mol. The van der Waals surface area contributed by atoms with Gasteiger partial charge in [0.25, 0.3) is 11.8 Å². The van der Waals surface area contributed by atoms with Crippen molar-refractivity contribution >= 4 is 35.4 Å². The molecule has 0 unspecified atom stereocenters. The van der Waals surface area contributed by atoms with Gasteiger partial charge in [-0.2, -0.15) is 0 Å². The van der Waals surface area contributed by atoms with Gasteiger partial charge in [-0.05, 0) is 88.9 Å². The third-order valence-corrected chi connectivity index (χ3v) is 7.43. The predicted molar refractivity (Wildman–Crippen MR) is 188 cm³/mol. The third-order valence-electron chi connectivity index (χ3n) is 7.43. The first-order chi connectivity index (χ1) is 22.8. The van der Waals surface area contributed by atoms with Gasteiger partial charge in [0.05, 0.1) is 0 Å². The Kier molecular flexibility index (Phi) is 10.9. The van der Waals surface area contributed by atoms with Crippen LogP contribution in [0.25, 0.3) is 12.2 Å². The van der Waals surface area contributed by atoms with Crippen molar-refractivity contribution in [3.63, 3.8) is 0 Å². The summed E-state index contributed by atoms with van der Waals surface area (Å²) in [5.74, 6) is 0.0443. The van der Waals surface area contributed by atoms with Crippen molar-refractivity contribution in [2.45, 2.75) is 26.4 Å². The molecule has 0 aliphatic heterocycles. The van der Waals surface area contributed by atoms with Gasteiger partial charge in [0.15, 0.2) is 5.78 Å². The quantitative estimate of drug-likeness (QED) is 0.108. The number of hydrogen-bond donors (Lipinski definition) is 2. The largest absolute Gasteiger partial charge is 0.489 e. The summed E-state index contributed by atoms with van der Waals surface area (Å²) in [6.07, 6.45) is 4.93. The molecule has 6 heteroatoms. The molecular formula is C41H36N2O4. The molecule has 0 aliphatic carbocycles. The van der Waals surface area contributed by atoms with E-state index in [0.29, 0.717) is 40.7 Å². The number of ketones is 1. The standard InChI is InChI=1S/C41H36N2O4/c1-29(2)33-18-13-30(14-19-33)17-26-39(44)34-20-22-36(23-21-34)42-41(46)38(43-40(45)35-11-7-4-8-12-35)27-31-15-24-37(25-16-31)47-28-32-9-5-3-6-10-32/h3-27,29H,28H2,1-2H3,(H,42,46)(H,43,45)/b26-17+,38-27-. The van der Waals surface area contributed by atoms with Crippen molar-refractivity contribution in [2.24, 2.45) is 0 Å². The molecule has 0 bridgehead atoms. The van der Waals surface area contributed by atoms with E-state index in [9.17, 15) is 14.4 Å². The van der Waals surface area contributed by atoms with Gasteiger partial charge < -0.3 is 15.4 Å². The number of anilines is 1. The molecule has 0 fully saturated rings. The van der Waals surface area contributed by atoms with Crippen LogP contribution in [0.5, 0.6) is 5.75 Å². The Balaban J connectivity index is 1.27. The summed E-state index contributed by atoms with van der Waals surface area (Å²) >= 11 is 0. The first kappa shape index (κ1) is 32.4. The zero-order chi connectivity index (χ0) is 33.0. The maximum absolute atomic E-state index is 13.5. The number of carbonyl (C=O) groups excluding carboxylic acids is 3. The third kappa shape index (κ3) is 9.49. The van der Waals surface area contributed by atoms with E-state index in [2.05, 4.69) is 36.6 Å². The van der Waals surface area contributed by atoms with E-state index in [4.69, 9.17) is 4.74 Å². The molecule has 0 atom stereocenters. The molecule has 2 N–H and O–H groups in total. The normalized spacial score (nSPS) is 11.3. The summed E-state index contributed by atoms with van der Waals surface area (Å²) in [7, 11) is 0. The van der Waals surface area contributed by atoms with E-state index in [-0.39, 0.29) is 11.5 Å². The second kappa shape index (κ2) is 15.8. The maximum Gasteiger partial charge on any atom is 0.272 e. The van der Waals surface area contributed by atoms with Crippen LogP contribution in [0, 0.1) is 0 Å². The average molecular weight is 621 g/mol. The fourth-order valence-corrected chi connectivity index (χ4v) is 4.69. The molecule has 0 radical (unpaired) electrons. The van der Waals surface area contributed by atoms with Gasteiger partial charge in [-0.25, -0.2) is 0 Å². The molecule has 47 heavy (non-hydrogen) atoms. The second-order valence-electron chi connectivity index (χ2n) is 11.3. The lowest BCUT2D eigenvalue weighted by atomic mass is 10.0. The van der Waals surface area contributed by atoms with Crippen LogP contribution in [-0.4, -0.2) is 17.6 Å². The number of hydrogen-bond acceptors (Lipinski definition) is 4. The summed E-state index contributed by atoms with van der Waals surface area (Å²) in [5, 5.41) is 5.58. The molecule has 0 heterocycles. The number of rotatable bonds is 12. The van der Waals surface area contributed by atoms with E-state index in [1.54, 1.807) is 60.7 Å². The van der Waals surface area contributed by atoms with Gasteiger partial charge in [0.1, 0.15) is 18.1 Å². The van der Waals surface area contributed by atoms with Crippen LogP contribution < -0.4 is 15.4 Å². The molecule has 0 saturated carbocycles. The summed E-state index contributed by atoms with van der Waals surface area (Å²) in [5.41, 5.74) is 5.38. The minimum atomic E-state index is -0.512. The highest BCUT2D eigenvalue weighted by Gasteiger charge is 2.15. The van der Waals surface area contributed by atoms with Crippen molar-refractivity contribution in [3.8, 4) is 5.75 Å².